The van der Waals surface area contributed by atoms with Crippen LogP contribution in [0.4, 0.5) is 0 Å². The molecule has 14 heavy (non-hydrogen) atoms. The van der Waals surface area contributed by atoms with Gasteiger partial charge in [-0.05, 0) is 13.8 Å². The minimum Gasteiger partial charge on any atom is -0.355 e. The van der Waals surface area contributed by atoms with Crippen LogP contribution in [0.3, 0.4) is 0 Å². The van der Waals surface area contributed by atoms with Crippen LogP contribution in [0, 0.1) is 0 Å². The highest BCUT2D eigenvalue weighted by atomic mass is 32.2. The Kier molecular flexibility index (Phi) is 6.33. The van der Waals surface area contributed by atoms with Gasteiger partial charge in [0.2, 0.25) is 0 Å². The van der Waals surface area contributed by atoms with Crippen molar-refractivity contribution in [2.75, 3.05) is 25.7 Å². The fourth-order valence-corrected chi connectivity index (χ4v) is 4.20. The van der Waals surface area contributed by atoms with E-state index in [1.807, 2.05) is 0 Å². The number of hydrogen-bond acceptors (Lipinski definition) is 3. The Balaban J connectivity index is 4.98. The normalized spacial score (nSPS) is 11.5. The molecule has 0 saturated heterocycles. The van der Waals surface area contributed by atoms with Crippen LogP contribution in [-0.2, 0) is 24.5 Å². The SMILES string of the molecule is CCOP(=O)(OCC)C(=[N+]=[N-])[S+](C)C. The van der Waals surface area contributed by atoms with Crippen LogP contribution in [-0.4, -0.2) is 35.3 Å². The molecule has 7 heteroatoms. The highest BCUT2D eigenvalue weighted by molar-refractivity contribution is 8.21. The first-order valence-corrected chi connectivity index (χ1v) is 7.79. The van der Waals surface area contributed by atoms with Crippen molar-refractivity contribution in [1.29, 1.82) is 0 Å². The number of hydrogen-bond donors (Lipinski definition) is 0. The van der Waals surface area contributed by atoms with E-state index in [9.17, 15) is 4.57 Å². The lowest BCUT2D eigenvalue weighted by atomic mass is 10.9. The second-order valence-corrected chi connectivity index (χ2v) is 6.79. The highest BCUT2D eigenvalue weighted by Crippen LogP contribution is 2.50. The van der Waals surface area contributed by atoms with Crippen molar-refractivity contribution >= 4 is 23.3 Å². The van der Waals surface area contributed by atoms with Crippen molar-refractivity contribution in [1.82, 2.24) is 0 Å². The van der Waals surface area contributed by atoms with Crippen LogP contribution < -0.4 is 0 Å². The standard InChI is InChI=1S/C7H16N2O3PS/c1-5-11-13(10,12-6-2)7(9-8)14(3)4/h5-6H2,1-4H3/q+1. The third kappa shape index (κ3) is 3.56. The van der Waals surface area contributed by atoms with Gasteiger partial charge in [-0.25, -0.2) is 4.57 Å². The van der Waals surface area contributed by atoms with Gasteiger partial charge in [0.25, 0.3) is 0 Å². The number of nitrogens with zero attached hydrogens (tertiary/aromatic N) is 2. The van der Waals surface area contributed by atoms with E-state index in [0.717, 1.165) is 0 Å². The van der Waals surface area contributed by atoms with Gasteiger partial charge in [-0.2, -0.15) is 0 Å². The Morgan fingerprint density at radius 3 is 2.00 bits per heavy atom. The molecule has 0 aromatic rings. The average Bonchev–Trinajstić information content (AvgIpc) is 2.04. The van der Waals surface area contributed by atoms with Crippen LogP contribution >= 0.6 is 7.60 Å². The van der Waals surface area contributed by atoms with Crippen LogP contribution in [0.15, 0.2) is 0 Å². The van der Waals surface area contributed by atoms with Crippen LogP contribution in [0.25, 0.3) is 5.53 Å². The molecule has 0 aromatic heterocycles. The molecular formula is C7H16N2O3PS+. The van der Waals surface area contributed by atoms with Crippen molar-refractivity contribution in [3.63, 3.8) is 0 Å². The molecule has 0 spiro atoms. The van der Waals surface area contributed by atoms with E-state index < -0.39 is 18.5 Å². The summed E-state index contributed by atoms with van der Waals surface area (Å²) in [5.41, 5.74) is 8.75. The van der Waals surface area contributed by atoms with E-state index >= 15 is 0 Å². The summed E-state index contributed by atoms with van der Waals surface area (Å²) in [4.78, 5) is 3.11. The molecule has 0 saturated carbocycles. The molecule has 0 rings (SSSR count). The first kappa shape index (κ1) is 13.9. The Hall–Kier alpha value is -0.120. The first-order valence-electron chi connectivity index (χ1n) is 4.21. The van der Waals surface area contributed by atoms with Gasteiger partial charge in [0.1, 0.15) is 23.4 Å². The molecule has 0 aliphatic rings. The molecule has 0 fully saturated rings. The molecule has 0 bridgehead atoms. The van der Waals surface area contributed by atoms with E-state index in [0.29, 0.717) is 0 Å². The maximum Gasteiger partial charge on any atom is 0.567 e. The summed E-state index contributed by atoms with van der Waals surface area (Å²) in [5.74, 6) is 0. The van der Waals surface area contributed by atoms with Crippen LogP contribution in [0.1, 0.15) is 13.8 Å². The van der Waals surface area contributed by atoms with Gasteiger partial charge < -0.3 is 5.53 Å². The predicted molar refractivity (Wildman–Crippen MR) is 58.7 cm³/mol. The molecule has 0 radical (unpaired) electrons. The summed E-state index contributed by atoms with van der Waals surface area (Å²) in [6, 6.07) is 0. The van der Waals surface area contributed by atoms with Gasteiger partial charge in [-0.1, -0.05) is 0 Å². The zero-order valence-electron chi connectivity index (χ0n) is 8.89. The van der Waals surface area contributed by atoms with Crippen LogP contribution in [0.2, 0.25) is 0 Å². The summed E-state index contributed by atoms with van der Waals surface area (Å²) >= 11 is 0. The molecular weight excluding hydrogens is 223 g/mol. The Labute approximate surface area is 87.3 Å². The minimum absolute atomic E-state index is 0.0983. The molecule has 5 nitrogen and oxygen atoms in total. The first-order chi connectivity index (χ1) is 6.51. The lowest BCUT2D eigenvalue weighted by molar-refractivity contribution is 0.00128. The van der Waals surface area contributed by atoms with E-state index in [2.05, 4.69) is 4.79 Å². The second kappa shape index (κ2) is 6.38. The largest absolute Gasteiger partial charge is 0.567 e. The number of rotatable bonds is 5. The lowest BCUT2D eigenvalue weighted by Crippen LogP contribution is -2.17. The maximum absolute atomic E-state index is 12.1. The molecule has 0 aromatic carbocycles. The van der Waals surface area contributed by atoms with Crippen LogP contribution in [0.5, 0.6) is 0 Å². The Morgan fingerprint density at radius 1 is 1.36 bits per heavy atom. The molecule has 0 aliphatic heterocycles. The molecule has 0 atom stereocenters. The minimum atomic E-state index is -3.37. The third-order valence-electron chi connectivity index (χ3n) is 1.28. The van der Waals surface area contributed by atoms with Gasteiger partial charge in [0.05, 0.1) is 13.2 Å². The molecule has 0 heterocycles. The zero-order chi connectivity index (χ0) is 11.2. The summed E-state index contributed by atoms with van der Waals surface area (Å²) in [6.45, 7) is 3.94. The third-order valence-corrected chi connectivity index (χ3v) is 5.62. The summed E-state index contributed by atoms with van der Waals surface area (Å²) in [5, 5.41) is 0. The summed E-state index contributed by atoms with van der Waals surface area (Å²) in [6.07, 6.45) is 3.58. The van der Waals surface area contributed by atoms with Gasteiger partial charge in [-0.3, -0.25) is 9.05 Å². The molecule has 0 amide bonds. The van der Waals surface area contributed by atoms with E-state index in [4.69, 9.17) is 14.6 Å². The summed E-state index contributed by atoms with van der Waals surface area (Å²) in [7, 11) is -3.81. The van der Waals surface area contributed by atoms with Crippen molar-refractivity contribution in [2.45, 2.75) is 13.8 Å². The average molecular weight is 239 g/mol. The van der Waals surface area contributed by atoms with Crippen molar-refractivity contribution in [3.05, 3.63) is 5.53 Å². The Morgan fingerprint density at radius 2 is 1.79 bits per heavy atom. The fourth-order valence-electron chi connectivity index (χ4n) is 0.848. The smallest absolute Gasteiger partial charge is 0.355 e. The van der Waals surface area contributed by atoms with Crippen molar-refractivity contribution in [2.24, 2.45) is 0 Å². The van der Waals surface area contributed by atoms with E-state index in [-0.39, 0.29) is 18.0 Å². The van der Waals surface area contributed by atoms with Gasteiger partial charge >= 0.3 is 12.4 Å². The molecule has 0 aliphatic carbocycles. The lowest BCUT2D eigenvalue weighted by Gasteiger charge is -2.09. The molecule has 82 valence electrons. The van der Waals surface area contributed by atoms with Gasteiger partial charge in [0, 0.05) is 0 Å². The van der Waals surface area contributed by atoms with E-state index in [1.54, 1.807) is 26.4 Å². The van der Waals surface area contributed by atoms with E-state index in [1.165, 1.54) is 0 Å². The zero-order valence-corrected chi connectivity index (χ0v) is 10.6. The van der Waals surface area contributed by atoms with Crippen molar-refractivity contribution < 1.29 is 18.4 Å². The Bertz CT molecular complexity index is 266. The topological polar surface area (TPSA) is 71.9 Å². The van der Waals surface area contributed by atoms with Gasteiger partial charge in [-0.15, -0.1) is 4.79 Å². The van der Waals surface area contributed by atoms with Gasteiger partial charge in [0.15, 0.2) is 0 Å². The highest BCUT2D eigenvalue weighted by Gasteiger charge is 2.49. The van der Waals surface area contributed by atoms with Crippen molar-refractivity contribution in [3.8, 4) is 0 Å². The molecule has 0 N–H and O–H groups in total. The quantitative estimate of drug-likeness (QED) is 0.183. The fraction of sp³-hybridized carbons (Fsp3) is 0.857. The second-order valence-electron chi connectivity index (χ2n) is 2.53. The predicted octanol–water partition coefficient (Wildman–Crippen LogP) is 1.72. The molecule has 0 unspecified atom stereocenters. The maximum atomic E-state index is 12.1. The monoisotopic (exact) mass is 239 g/mol. The summed E-state index contributed by atoms with van der Waals surface area (Å²) < 4.78 is 22.1.